The molecule has 0 saturated carbocycles. The molecule has 2 aliphatic carbocycles. The second-order valence-electron chi connectivity index (χ2n) is 15.3. The topological polar surface area (TPSA) is 6.48 Å². The van der Waals surface area contributed by atoms with Crippen LogP contribution in [0.15, 0.2) is 166 Å². The minimum absolute atomic E-state index is 1.05. The molecule has 12 rings (SSSR count). The highest BCUT2D eigenvalue weighted by Gasteiger charge is 2.30. The van der Waals surface area contributed by atoms with Crippen molar-refractivity contribution >= 4 is 76.8 Å². The highest BCUT2D eigenvalue weighted by molar-refractivity contribution is 7.99. The molecule has 54 heavy (non-hydrogen) atoms. The molecule has 6 aromatic carbocycles. The molecule has 0 radical (unpaired) electrons. The fourth-order valence-corrected chi connectivity index (χ4v) is 12.3. The summed E-state index contributed by atoms with van der Waals surface area (Å²) in [5.41, 5.74) is 16.7. The van der Waals surface area contributed by atoms with E-state index in [2.05, 4.69) is 143 Å². The Morgan fingerprint density at radius 2 is 1.15 bits per heavy atom. The summed E-state index contributed by atoms with van der Waals surface area (Å²) in [4.78, 5) is 7.88. The van der Waals surface area contributed by atoms with Gasteiger partial charge in [0.1, 0.15) is 0 Å². The van der Waals surface area contributed by atoms with Crippen LogP contribution in [0.2, 0.25) is 0 Å². The Morgan fingerprint density at radius 1 is 0.463 bits per heavy atom. The minimum atomic E-state index is 1.05. The molecule has 0 N–H and O–H groups in total. The van der Waals surface area contributed by atoms with Gasteiger partial charge in [-0.05, 0) is 139 Å². The molecule has 1 aromatic heterocycles. The van der Waals surface area contributed by atoms with Crippen LogP contribution in [0.25, 0.3) is 42.1 Å². The van der Waals surface area contributed by atoms with Crippen LogP contribution in [0.5, 0.6) is 0 Å². The molecule has 0 amide bonds. The van der Waals surface area contributed by atoms with E-state index >= 15 is 0 Å². The van der Waals surface area contributed by atoms with Gasteiger partial charge >= 0.3 is 0 Å². The summed E-state index contributed by atoms with van der Waals surface area (Å²) in [6.07, 6.45) is 18.4. The molecule has 0 bridgehead atoms. The summed E-state index contributed by atoms with van der Waals surface area (Å²) < 4.78 is 2.70. The number of fused-ring (bicyclic) bond motifs is 8. The van der Waals surface area contributed by atoms with E-state index in [1.165, 1.54) is 108 Å². The summed E-state index contributed by atoms with van der Waals surface area (Å²) >= 11 is 3.90. The van der Waals surface area contributed by atoms with Crippen LogP contribution >= 0.6 is 23.1 Å². The molecule has 4 heteroatoms. The first-order chi connectivity index (χ1) is 26.8. The van der Waals surface area contributed by atoms with Gasteiger partial charge in [0.2, 0.25) is 0 Å². The molecule has 0 fully saturated rings. The van der Waals surface area contributed by atoms with Crippen molar-refractivity contribution in [1.82, 2.24) is 0 Å². The summed E-state index contributed by atoms with van der Waals surface area (Å²) in [7, 11) is 0. The highest BCUT2D eigenvalue weighted by Crippen LogP contribution is 2.54. The van der Waals surface area contributed by atoms with Crippen molar-refractivity contribution in [2.75, 3.05) is 9.80 Å². The molecule has 0 spiro atoms. The number of hydrogen-bond acceptors (Lipinski definition) is 4. The maximum Gasteiger partial charge on any atom is 0.0493 e. The average molecular weight is 731 g/mol. The summed E-state index contributed by atoms with van der Waals surface area (Å²) in [6.45, 7) is 0. The van der Waals surface area contributed by atoms with Crippen LogP contribution in [0.3, 0.4) is 0 Å². The minimum Gasteiger partial charge on any atom is -0.317 e. The maximum atomic E-state index is 2.66. The number of thiophene rings is 1. The number of para-hydroxylation sites is 2. The Morgan fingerprint density at radius 3 is 1.89 bits per heavy atom. The molecular weight excluding hydrogens is 693 g/mol. The van der Waals surface area contributed by atoms with Gasteiger partial charge < -0.3 is 9.80 Å². The van der Waals surface area contributed by atoms with Crippen molar-refractivity contribution in [2.24, 2.45) is 0 Å². The normalized spacial score (nSPS) is 17.3. The average Bonchev–Trinajstić information content (AvgIpc) is 3.38. The molecule has 4 heterocycles. The van der Waals surface area contributed by atoms with Crippen LogP contribution in [0, 0.1) is 0 Å². The predicted octanol–water partition coefficient (Wildman–Crippen LogP) is 14.7. The van der Waals surface area contributed by atoms with E-state index in [9.17, 15) is 0 Å². The third kappa shape index (κ3) is 4.66. The fourth-order valence-electron chi connectivity index (χ4n) is 9.89. The Bertz CT molecular complexity index is 2800. The van der Waals surface area contributed by atoms with Crippen LogP contribution in [-0.2, 0) is 12.8 Å². The molecule has 7 aromatic rings. The van der Waals surface area contributed by atoms with Gasteiger partial charge in [0.25, 0.3) is 0 Å². The van der Waals surface area contributed by atoms with E-state index in [1.807, 2.05) is 23.1 Å². The van der Waals surface area contributed by atoms with Crippen molar-refractivity contribution in [2.45, 2.75) is 61.2 Å². The zero-order valence-corrected chi connectivity index (χ0v) is 31.7. The Labute approximate surface area is 324 Å². The summed E-state index contributed by atoms with van der Waals surface area (Å²) in [5.74, 6) is 0. The van der Waals surface area contributed by atoms with Gasteiger partial charge in [-0.1, -0.05) is 96.7 Å². The van der Waals surface area contributed by atoms with Gasteiger partial charge in [0.05, 0.1) is 0 Å². The first-order valence-electron chi connectivity index (χ1n) is 19.5. The number of anilines is 4. The number of rotatable bonds is 2. The van der Waals surface area contributed by atoms with Gasteiger partial charge in [-0.25, -0.2) is 0 Å². The van der Waals surface area contributed by atoms with E-state index < -0.39 is 0 Å². The smallest absolute Gasteiger partial charge is 0.0493 e. The van der Waals surface area contributed by atoms with Crippen molar-refractivity contribution in [3.05, 3.63) is 167 Å². The number of allylic oxidation sites excluding steroid dienone is 8. The highest BCUT2D eigenvalue weighted by atomic mass is 32.2. The summed E-state index contributed by atoms with van der Waals surface area (Å²) in [5, 5.41) is 5.50. The third-order valence-corrected chi connectivity index (χ3v) is 14.6. The molecule has 0 saturated heterocycles. The maximum absolute atomic E-state index is 2.66. The van der Waals surface area contributed by atoms with E-state index in [1.54, 1.807) is 0 Å². The summed E-state index contributed by atoms with van der Waals surface area (Å²) in [6, 6.07) is 41.9. The molecule has 5 aliphatic rings. The standard InChI is InChI=1S/C50H38N2S2/c1-5-15-41-31(10-1)20-21-32-11-2-6-16-42(32)51(41)35-24-26-37-40-30-48-49(39-14-9-19-45(50(39)40)53-46(37)28-35)38-27-25-36(29-47(38)54-48)52-43-17-7-3-12-33(43)22-23-34-13-4-8-18-44(34)52/h1-4,7-14,17-19,24-30H,5-6,15-16,20-23H2. The van der Waals surface area contributed by atoms with Crippen LogP contribution in [0.4, 0.5) is 22.7 Å². The van der Waals surface area contributed by atoms with Crippen LogP contribution in [0.1, 0.15) is 49.7 Å². The lowest BCUT2D eigenvalue weighted by Crippen LogP contribution is -2.25. The largest absolute Gasteiger partial charge is 0.317 e. The predicted molar refractivity (Wildman–Crippen MR) is 231 cm³/mol. The number of hydrogen-bond donors (Lipinski definition) is 0. The lowest BCUT2D eigenvalue weighted by atomic mass is 9.94. The first-order valence-corrected chi connectivity index (χ1v) is 21.2. The van der Waals surface area contributed by atoms with Crippen molar-refractivity contribution in [3.63, 3.8) is 0 Å². The SMILES string of the molecule is C1=CC2=C(CC1)N(c1ccc3c(c1)Sc1cccc4c1c-3cc1sc3cc(N5c6ccccc6CCc6ccccc65)ccc3c14)C1=C(C=CCC1)CC2. The van der Waals surface area contributed by atoms with Crippen molar-refractivity contribution in [3.8, 4) is 11.1 Å². The van der Waals surface area contributed by atoms with Gasteiger partial charge in [-0.15, -0.1) is 11.3 Å². The molecule has 260 valence electrons. The monoisotopic (exact) mass is 730 g/mol. The van der Waals surface area contributed by atoms with Crippen LogP contribution in [-0.4, -0.2) is 0 Å². The zero-order chi connectivity index (χ0) is 35.3. The molecule has 0 unspecified atom stereocenters. The Hall–Kier alpha value is -5.29. The number of nitrogens with zero attached hydrogens (tertiary/aromatic N) is 2. The zero-order valence-electron chi connectivity index (χ0n) is 30.1. The first kappa shape index (κ1) is 31.1. The van der Waals surface area contributed by atoms with Gasteiger partial charge in [-0.3, -0.25) is 0 Å². The lowest BCUT2D eigenvalue weighted by molar-refractivity contribution is 0.825. The van der Waals surface area contributed by atoms with E-state index in [0.29, 0.717) is 0 Å². The second kappa shape index (κ2) is 12.1. The van der Waals surface area contributed by atoms with Gasteiger partial charge in [-0.2, -0.15) is 0 Å². The van der Waals surface area contributed by atoms with Gasteiger partial charge in [0.15, 0.2) is 0 Å². The number of aryl methyl sites for hydroxylation is 2. The Balaban J connectivity index is 1.01. The van der Waals surface area contributed by atoms with E-state index in [4.69, 9.17) is 0 Å². The third-order valence-electron chi connectivity index (χ3n) is 12.3. The fraction of sp³-hybridized carbons (Fsp3) is 0.160. The molecule has 3 aliphatic heterocycles. The molecular formula is C50H38N2S2. The molecule has 2 nitrogen and oxygen atoms in total. The van der Waals surface area contributed by atoms with Crippen molar-refractivity contribution < 1.29 is 0 Å². The molecule has 0 atom stereocenters. The Kier molecular flexibility index (Phi) is 6.97. The van der Waals surface area contributed by atoms with E-state index in [-0.39, 0.29) is 0 Å². The van der Waals surface area contributed by atoms with E-state index in [0.717, 1.165) is 51.4 Å². The van der Waals surface area contributed by atoms with Crippen LogP contribution < -0.4 is 9.80 Å². The van der Waals surface area contributed by atoms with Crippen molar-refractivity contribution in [1.29, 1.82) is 0 Å². The van der Waals surface area contributed by atoms with Gasteiger partial charge in [0, 0.05) is 69.5 Å². The number of benzene rings is 6. The quantitative estimate of drug-likeness (QED) is 0.175. The second-order valence-corrected chi connectivity index (χ2v) is 17.5. The lowest BCUT2D eigenvalue weighted by Gasteiger charge is -2.34.